The third-order valence-corrected chi connectivity index (χ3v) is 0.957. The maximum Gasteiger partial charge on any atom is 0.304 e. The number of aliphatic hydroxyl groups is 1. The Hall–Kier alpha value is -0.280. The number of hydrogen-bond acceptors (Lipinski definition) is 3. The van der Waals surface area contributed by atoms with Crippen molar-refractivity contribution in [1.29, 1.82) is 0 Å². The quantitative estimate of drug-likeness (QED) is 0.473. The van der Waals surface area contributed by atoms with Crippen molar-refractivity contribution in [2.45, 2.75) is 18.9 Å². The number of aliphatic hydroxyl groups excluding tert-OH is 1. The van der Waals surface area contributed by atoms with Crippen molar-refractivity contribution < 1.29 is 14.6 Å². The number of halogens is 1. The summed E-state index contributed by atoms with van der Waals surface area (Å²) in [6.45, 7) is 1.20. The Labute approximate surface area is 58.6 Å². The molecule has 0 fully saturated rings. The molecule has 0 saturated heterocycles. The first-order valence-electron chi connectivity index (χ1n) is 2.59. The van der Waals surface area contributed by atoms with Gasteiger partial charge in [0.1, 0.15) is 0 Å². The minimum Gasteiger partial charge on any atom is -0.446 e. The number of ether oxygens (including phenoxy) is 1. The van der Waals surface area contributed by atoms with E-state index in [1.54, 1.807) is 0 Å². The van der Waals surface area contributed by atoms with Crippen LogP contribution >= 0.6 is 11.6 Å². The van der Waals surface area contributed by atoms with Gasteiger partial charge in [0, 0.05) is 20.0 Å². The SMILES string of the molecule is CC(=O)OC(Cl)CCO. The lowest BCUT2D eigenvalue weighted by atomic mass is 10.5. The van der Waals surface area contributed by atoms with Gasteiger partial charge in [-0.2, -0.15) is 0 Å². The zero-order valence-corrected chi connectivity index (χ0v) is 5.89. The molecule has 1 unspecified atom stereocenters. The molecule has 0 aromatic rings. The molecule has 0 aromatic carbocycles. The number of alkyl halides is 1. The molecule has 0 rings (SSSR count). The molecule has 0 radical (unpaired) electrons. The average Bonchev–Trinajstić information content (AvgIpc) is 1.63. The lowest BCUT2D eigenvalue weighted by Gasteiger charge is -2.05. The molecule has 9 heavy (non-hydrogen) atoms. The van der Waals surface area contributed by atoms with Crippen LogP contribution in [0.4, 0.5) is 0 Å². The Morgan fingerprint density at radius 3 is 2.78 bits per heavy atom. The molecule has 0 aliphatic carbocycles. The first-order valence-corrected chi connectivity index (χ1v) is 3.02. The van der Waals surface area contributed by atoms with Gasteiger partial charge in [0.2, 0.25) is 0 Å². The molecule has 54 valence electrons. The third kappa shape index (κ3) is 5.59. The van der Waals surface area contributed by atoms with E-state index in [0.29, 0.717) is 0 Å². The van der Waals surface area contributed by atoms with Crippen molar-refractivity contribution in [3.8, 4) is 0 Å². The van der Waals surface area contributed by atoms with E-state index in [0.717, 1.165) is 0 Å². The lowest BCUT2D eigenvalue weighted by molar-refractivity contribution is -0.143. The Bertz CT molecular complexity index is 94.2. The molecule has 0 heterocycles. The van der Waals surface area contributed by atoms with Crippen molar-refractivity contribution in [2.75, 3.05) is 6.61 Å². The molecule has 0 amide bonds. The molecule has 0 aliphatic heterocycles. The van der Waals surface area contributed by atoms with Gasteiger partial charge < -0.3 is 9.84 Å². The molecule has 4 heteroatoms. The zero-order chi connectivity index (χ0) is 7.28. The fourth-order valence-corrected chi connectivity index (χ4v) is 0.564. The Balaban J connectivity index is 3.26. The molecule has 1 N–H and O–H groups in total. The summed E-state index contributed by atoms with van der Waals surface area (Å²) in [7, 11) is 0. The predicted molar refractivity (Wildman–Crippen MR) is 33.1 cm³/mol. The molecular formula is C5H9ClO3. The molecule has 0 aliphatic rings. The molecule has 0 spiro atoms. The average molecular weight is 153 g/mol. The Morgan fingerprint density at radius 2 is 2.44 bits per heavy atom. The molecule has 0 aromatic heterocycles. The summed E-state index contributed by atoms with van der Waals surface area (Å²) in [5.41, 5.74) is -0.688. The fourth-order valence-electron chi connectivity index (χ4n) is 0.341. The monoisotopic (exact) mass is 152 g/mol. The highest BCUT2D eigenvalue weighted by Crippen LogP contribution is 2.02. The van der Waals surface area contributed by atoms with Crippen molar-refractivity contribution in [2.24, 2.45) is 0 Å². The Kier molecular flexibility index (Phi) is 4.44. The summed E-state index contributed by atoms with van der Waals surface area (Å²) in [5, 5.41) is 8.27. The molecule has 1 atom stereocenters. The van der Waals surface area contributed by atoms with E-state index >= 15 is 0 Å². The predicted octanol–water partition coefficient (Wildman–Crippen LogP) is 0.497. The van der Waals surface area contributed by atoms with Gasteiger partial charge >= 0.3 is 5.97 Å². The van der Waals surface area contributed by atoms with Crippen LogP contribution in [0, 0.1) is 0 Å². The van der Waals surface area contributed by atoms with Gasteiger partial charge in [-0.3, -0.25) is 4.79 Å². The molecule has 0 bridgehead atoms. The van der Waals surface area contributed by atoms with Crippen LogP contribution in [0.15, 0.2) is 0 Å². The van der Waals surface area contributed by atoms with E-state index in [1.165, 1.54) is 6.92 Å². The van der Waals surface area contributed by atoms with Gasteiger partial charge in [0.05, 0.1) is 0 Å². The van der Waals surface area contributed by atoms with E-state index < -0.39 is 11.5 Å². The maximum atomic E-state index is 10.1. The van der Waals surface area contributed by atoms with Crippen LogP contribution < -0.4 is 0 Å². The Morgan fingerprint density at radius 1 is 1.89 bits per heavy atom. The van der Waals surface area contributed by atoms with Gasteiger partial charge in [-0.05, 0) is 0 Å². The summed E-state index contributed by atoms with van der Waals surface area (Å²) in [6.07, 6.45) is 0.279. The molecule has 0 saturated carbocycles. The zero-order valence-electron chi connectivity index (χ0n) is 5.13. The van der Waals surface area contributed by atoms with Crippen molar-refractivity contribution in [1.82, 2.24) is 0 Å². The number of hydrogen-bond donors (Lipinski definition) is 1. The van der Waals surface area contributed by atoms with E-state index in [4.69, 9.17) is 16.7 Å². The van der Waals surface area contributed by atoms with Crippen LogP contribution in [-0.4, -0.2) is 23.2 Å². The second kappa shape index (κ2) is 4.58. The van der Waals surface area contributed by atoms with E-state index in [-0.39, 0.29) is 13.0 Å². The first-order chi connectivity index (χ1) is 4.16. The second-order valence-corrected chi connectivity index (χ2v) is 2.02. The number of carbonyl (C=O) groups is 1. The summed E-state index contributed by atoms with van der Waals surface area (Å²) < 4.78 is 4.46. The van der Waals surface area contributed by atoms with Crippen LogP contribution in [0.5, 0.6) is 0 Å². The highest BCUT2D eigenvalue weighted by Gasteiger charge is 2.04. The van der Waals surface area contributed by atoms with E-state index in [9.17, 15) is 4.79 Å². The second-order valence-electron chi connectivity index (χ2n) is 1.53. The first kappa shape index (κ1) is 8.72. The highest BCUT2D eigenvalue weighted by molar-refractivity contribution is 6.20. The topological polar surface area (TPSA) is 46.5 Å². The van der Waals surface area contributed by atoms with Crippen LogP contribution in [0.1, 0.15) is 13.3 Å². The van der Waals surface area contributed by atoms with Gasteiger partial charge in [0.15, 0.2) is 5.56 Å². The van der Waals surface area contributed by atoms with Crippen LogP contribution in [0.25, 0.3) is 0 Å². The van der Waals surface area contributed by atoms with Crippen molar-refractivity contribution in [3.63, 3.8) is 0 Å². The summed E-state index contributed by atoms with van der Waals surface area (Å²) in [6, 6.07) is 0. The standard InChI is InChI=1S/C5H9ClO3/c1-4(8)9-5(6)2-3-7/h5,7H,2-3H2,1H3. The van der Waals surface area contributed by atoms with Gasteiger partial charge in [-0.1, -0.05) is 11.6 Å². The minimum atomic E-state index is -0.688. The largest absolute Gasteiger partial charge is 0.446 e. The summed E-state index contributed by atoms with van der Waals surface area (Å²) in [5.74, 6) is -0.427. The third-order valence-electron chi connectivity index (χ3n) is 0.650. The number of esters is 1. The molecule has 3 nitrogen and oxygen atoms in total. The van der Waals surface area contributed by atoms with E-state index in [1.807, 2.05) is 0 Å². The van der Waals surface area contributed by atoms with Crippen LogP contribution in [-0.2, 0) is 9.53 Å². The smallest absolute Gasteiger partial charge is 0.304 e. The normalized spacial score (nSPS) is 12.8. The lowest BCUT2D eigenvalue weighted by Crippen LogP contribution is -2.10. The number of carbonyl (C=O) groups excluding carboxylic acids is 1. The van der Waals surface area contributed by atoms with Crippen LogP contribution in [0.2, 0.25) is 0 Å². The summed E-state index contributed by atoms with van der Waals surface area (Å²) >= 11 is 5.37. The van der Waals surface area contributed by atoms with Gasteiger partial charge in [-0.15, -0.1) is 0 Å². The highest BCUT2D eigenvalue weighted by atomic mass is 35.5. The van der Waals surface area contributed by atoms with Crippen LogP contribution in [0.3, 0.4) is 0 Å². The van der Waals surface area contributed by atoms with Crippen molar-refractivity contribution >= 4 is 17.6 Å². The van der Waals surface area contributed by atoms with E-state index in [2.05, 4.69) is 4.74 Å². The fraction of sp³-hybridized carbons (Fsp3) is 0.800. The van der Waals surface area contributed by atoms with Gasteiger partial charge in [0.25, 0.3) is 0 Å². The maximum absolute atomic E-state index is 10.1. The summed E-state index contributed by atoms with van der Waals surface area (Å²) in [4.78, 5) is 10.1. The number of rotatable bonds is 3. The van der Waals surface area contributed by atoms with Crippen molar-refractivity contribution in [3.05, 3.63) is 0 Å². The molecular weight excluding hydrogens is 144 g/mol. The van der Waals surface area contributed by atoms with Gasteiger partial charge in [-0.25, -0.2) is 0 Å². The minimum absolute atomic E-state index is 0.0680.